The van der Waals surface area contributed by atoms with Crippen molar-refractivity contribution < 1.29 is 24.2 Å². The molecule has 2 atom stereocenters. The largest absolute Gasteiger partial charge is 0.481 e. The summed E-state index contributed by atoms with van der Waals surface area (Å²) in [4.78, 5) is 32.1. The third kappa shape index (κ3) is 12.2. The molecule has 0 aromatic heterocycles. The number of alkyl carbamates (subject to hydrolysis) is 1. The van der Waals surface area contributed by atoms with Gasteiger partial charge < -0.3 is 26.2 Å². The number of unbranched alkanes of at least 4 members (excludes halogenated alkanes) is 1. The summed E-state index contributed by atoms with van der Waals surface area (Å²) in [6.07, 6.45) is 0.665. The highest BCUT2D eigenvalue weighted by Crippen LogP contribution is 2.15. The van der Waals surface area contributed by atoms with Crippen molar-refractivity contribution >= 4 is 52.8 Å². The number of ether oxygens (including phenoxy) is 1. The van der Waals surface area contributed by atoms with Crippen LogP contribution < -0.4 is 16.4 Å². The Kier molecular flexibility index (Phi) is 11.9. The highest BCUT2D eigenvalue weighted by atomic mass is 35.5. The second kappa shape index (κ2) is 12.5. The molecular weight excluding hydrogens is 373 g/mol. The third-order valence-electron chi connectivity index (χ3n) is 2.60. The molecule has 0 aromatic rings. The fraction of sp³-hybridized carbons (Fsp3) is 0.750. The molecule has 0 spiro atoms. The highest BCUT2D eigenvalue weighted by Gasteiger charge is 2.18. The quantitative estimate of drug-likeness (QED) is 0.308. The summed E-state index contributed by atoms with van der Waals surface area (Å²) in [7, 11) is 0. The van der Waals surface area contributed by atoms with Gasteiger partial charge in [0.2, 0.25) is 11.5 Å². The number of carbonyl (C=O) groups excluding carboxylic acids is 2. The molecule has 0 aromatic carbocycles. The van der Waals surface area contributed by atoms with Crippen molar-refractivity contribution in [2.45, 2.75) is 42.1 Å². The number of nitrogens with one attached hydrogen (secondary N) is 2. The number of alkyl halides is 3. The highest BCUT2D eigenvalue weighted by molar-refractivity contribution is 6.48. The van der Waals surface area contributed by atoms with Gasteiger partial charge in [-0.05, 0) is 19.3 Å². The zero-order chi connectivity index (χ0) is 17.8. The van der Waals surface area contributed by atoms with E-state index >= 15 is 0 Å². The zero-order valence-electron chi connectivity index (χ0n) is 12.3. The Morgan fingerprint density at radius 2 is 1.74 bits per heavy atom. The Morgan fingerprint density at radius 3 is 2.30 bits per heavy atom. The van der Waals surface area contributed by atoms with Gasteiger partial charge in [0.05, 0.1) is 12.5 Å². The van der Waals surface area contributed by atoms with Gasteiger partial charge in [-0.15, -0.1) is 0 Å². The molecule has 11 heteroatoms. The number of amides is 2. The molecule has 0 radical (unpaired) electrons. The number of carboxylic acid groups (broad SMARTS) is 1. The van der Waals surface area contributed by atoms with Gasteiger partial charge in [0, 0.05) is 13.1 Å². The van der Waals surface area contributed by atoms with Gasteiger partial charge in [0.25, 0.3) is 0 Å². The SMILES string of the molecule is NC(CCCCNC(=O)OC(Cl)C(Cl)Cl)C(=O)NCCC(=O)O. The summed E-state index contributed by atoms with van der Waals surface area (Å²) in [6, 6.07) is -0.726. The van der Waals surface area contributed by atoms with E-state index in [1.807, 2.05) is 0 Å². The number of carboxylic acids is 1. The minimum atomic E-state index is -1.14. The van der Waals surface area contributed by atoms with Crippen molar-refractivity contribution in [3.8, 4) is 0 Å². The first kappa shape index (κ1) is 22.0. The molecule has 5 N–H and O–H groups in total. The van der Waals surface area contributed by atoms with Gasteiger partial charge in [-0.1, -0.05) is 34.8 Å². The van der Waals surface area contributed by atoms with E-state index in [2.05, 4.69) is 15.4 Å². The Morgan fingerprint density at radius 1 is 1.09 bits per heavy atom. The third-order valence-corrected chi connectivity index (χ3v) is 3.66. The van der Waals surface area contributed by atoms with E-state index in [0.717, 1.165) is 0 Å². The Hall–Kier alpha value is -0.960. The van der Waals surface area contributed by atoms with Gasteiger partial charge in [-0.2, -0.15) is 0 Å². The number of hydrogen-bond donors (Lipinski definition) is 4. The topological polar surface area (TPSA) is 131 Å². The lowest BCUT2D eigenvalue weighted by molar-refractivity contribution is -0.136. The maximum absolute atomic E-state index is 11.5. The molecule has 2 unspecified atom stereocenters. The zero-order valence-corrected chi connectivity index (χ0v) is 14.5. The van der Waals surface area contributed by atoms with E-state index in [1.54, 1.807) is 0 Å². The predicted octanol–water partition coefficient (Wildman–Crippen LogP) is 1.17. The van der Waals surface area contributed by atoms with Crippen LogP contribution in [0.5, 0.6) is 0 Å². The molecule has 0 fully saturated rings. The van der Waals surface area contributed by atoms with Crippen molar-refractivity contribution in [2.24, 2.45) is 5.73 Å². The molecule has 134 valence electrons. The van der Waals surface area contributed by atoms with E-state index < -0.39 is 34.4 Å². The van der Waals surface area contributed by atoms with Crippen LogP contribution in [0.3, 0.4) is 0 Å². The minimum absolute atomic E-state index is 0.0387. The number of rotatable bonds is 11. The van der Waals surface area contributed by atoms with Gasteiger partial charge in [0.15, 0.2) is 4.84 Å². The van der Waals surface area contributed by atoms with Crippen LogP contribution in [0.1, 0.15) is 25.7 Å². The average molecular weight is 393 g/mol. The number of nitrogens with two attached hydrogens (primary N) is 1. The molecule has 2 amide bonds. The van der Waals surface area contributed by atoms with Gasteiger partial charge >= 0.3 is 12.1 Å². The van der Waals surface area contributed by atoms with Crippen molar-refractivity contribution in [3.05, 3.63) is 0 Å². The van der Waals surface area contributed by atoms with Gasteiger partial charge in [0.1, 0.15) is 0 Å². The standard InChI is InChI=1S/C12H20Cl3N3O5/c13-9(14)10(15)23-12(22)18-5-2-1-3-7(16)11(21)17-6-4-8(19)20/h7,9-10H,1-6,16H2,(H,17,21)(H,18,22)(H,19,20). The van der Waals surface area contributed by atoms with E-state index in [0.29, 0.717) is 25.8 Å². The van der Waals surface area contributed by atoms with Crippen molar-refractivity contribution in [1.82, 2.24) is 10.6 Å². The Labute approximate surface area is 148 Å². The molecule has 0 bridgehead atoms. The summed E-state index contributed by atoms with van der Waals surface area (Å²) in [5.74, 6) is -1.40. The maximum Gasteiger partial charge on any atom is 0.408 e. The molecule has 0 saturated carbocycles. The number of carbonyl (C=O) groups is 3. The van der Waals surface area contributed by atoms with E-state index in [9.17, 15) is 14.4 Å². The van der Waals surface area contributed by atoms with Crippen LogP contribution in [-0.2, 0) is 14.3 Å². The summed E-state index contributed by atoms with van der Waals surface area (Å²) in [5, 5.41) is 13.3. The molecule has 0 aliphatic carbocycles. The molecule has 0 aliphatic rings. The number of hydrogen-bond acceptors (Lipinski definition) is 5. The normalized spacial score (nSPS) is 13.3. The van der Waals surface area contributed by atoms with Crippen molar-refractivity contribution in [2.75, 3.05) is 13.1 Å². The molecule has 0 rings (SSSR count). The second-order valence-corrected chi connectivity index (χ2v) is 6.15. The van der Waals surface area contributed by atoms with Crippen LogP contribution in [0.25, 0.3) is 0 Å². The monoisotopic (exact) mass is 391 g/mol. The Balaban J connectivity index is 3.68. The maximum atomic E-state index is 11.5. The number of halogens is 3. The predicted molar refractivity (Wildman–Crippen MR) is 86.7 cm³/mol. The summed E-state index contributed by atoms with van der Waals surface area (Å²) < 4.78 is 4.66. The summed E-state index contributed by atoms with van der Waals surface area (Å²) >= 11 is 16.4. The fourth-order valence-corrected chi connectivity index (χ4v) is 1.61. The lowest BCUT2D eigenvalue weighted by atomic mass is 10.1. The Bertz CT molecular complexity index is 398. The van der Waals surface area contributed by atoms with E-state index in [1.165, 1.54) is 0 Å². The molecule has 8 nitrogen and oxygen atoms in total. The van der Waals surface area contributed by atoms with Crippen LogP contribution in [0.4, 0.5) is 4.79 Å². The summed E-state index contributed by atoms with van der Waals surface area (Å²) in [6.45, 7) is 0.349. The second-order valence-electron chi connectivity index (χ2n) is 4.55. The molecule has 0 heterocycles. The molecule has 0 saturated heterocycles. The average Bonchev–Trinajstić information content (AvgIpc) is 2.45. The minimum Gasteiger partial charge on any atom is -0.481 e. The lowest BCUT2D eigenvalue weighted by Crippen LogP contribution is -2.41. The first-order valence-electron chi connectivity index (χ1n) is 6.85. The molecule has 23 heavy (non-hydrogen) atoms. The van der Waals surface area contributed by atoms with Gasteiger partial charge in [-0.3, -0.25) is 9.59 Å². The van der Waals surface area contributed by atoms with Crippen molar-refractivity contribution in [1.29, 1.82) is 0 Å². The molecule has 0 aliphatic heterocycles. The van der Waals surface area contributed by atoms with Crippen LogP contribution in [0.15, 0.2) is 0 Å². The first-order chi connectivity index (χ1) is 10.7. The van der Waals surface area contributed by atoms with Gasteiger partial charge in [-0.25, -0.2) is 4.79 Å². The first-order valence-corrected chi connectivity index (χ1v) is 8.16. The van der Waals surface area contributed by atoms with Crippen LogP contribution >= 0.6 is 34.8 Å². The smallest absolute Gasteiger partial charge is 0.408 e. The molecular formula is C12H20Cl3N3O5. The summed E-state index contributed by atoms with van der Waals surface area (Å²) in [5.41, 5.74) is 4.52. The van der Waals surface area contributed by atoms with Crippen LogP contribution in [0.2, 0.25) is 0 Å². The number of aliphatic carboxylic acids is 1. The van der Waals surface area contributed by atoms with E-state index in [-0.39, 0.29) is 13.0 Å². The van der Waals surface area contributed by atoms with Crippen molar-refractivity contribution in [3.63, 3.8) is 0 Å². The fourth-order valence-electron chi connectivity index (χ4n) is 1.43. The lowest BCUT2D eigenvalue weighted by Gasteiger charge is -2.13. The van der Waals surface area contributed by atoms with E-state index in [4.69, 9.17) is 45.6 Å². The van der Waals surface area contributed by atoms with Crippen LogP contribution in [0, 0.1) is 0 Å². The van der Waals surface area contributed by atoms with Crippen LogP contribution in [-0.4, -0.2) is 52.6 Å².